The summed E-state index contributed by atoms with van der Waals surface area (Å²) < 4.78 is 10.4. The minimum absolute atomic E-state index is 0.102. The number of hydrogen-bond acceptors (Lipinski definition) is 7. The lowest BCUT2D eigenvalue weighted by atomic mass is 10.3. The molecule has 14 heteroatoms. The van der Waals surface area contributed by atoms with Crippen LogP contribution in [0, 0.1) is 0 Å². The van der Waals surface area contributed by atoms with Gasteiger partial charge in [-0.25, -0.2) is 5.43 Å². The van der Waals surface area contributed by atoms with Crippen molar-refractivity contribution in [3.63, 3.8) is 0 Å². The number of rotatable bonds is 7. The molecule has 0 spiro atoms. The molecule has 37 heavy (non-hydrogen) atoms. The third-order valence-corrected chi connectivity index (χ3v) is 5.14. The van der Waals surface area contributed by atoms with Crippen molar-refractivity contribution in [2.75, 3.05) is 17.7 Å². The Labute approximate surface area is 225 Å². The minimum atomic E-state index is -1.03. The first-order chi connectivity index (χ1) is 17.6. The van der Waals surface area contributed by atoms with E-state index in [0.29, 0.717) is 21.6 Å². The van der Waals surface area contributed by atoms with Gasteiger partial charge in [0.15, 0.2) is 0 Å². The molecule has 4 N–H and O–H groups in total. The summed E-state index contributed by atoms with van der Waals surface area (Å²) in [5.74, 6) is -2.92. The molecule has 1 heterocycles. The van der Waals surface area contributed by atoms with Crippen molar-refractivity contribution in [2.24, 2.45) is 5.10 Å². The largest absolute Gasteiger partial charge is 0.495 e. The van der Waals surface area contributed by atoms with E-state index in [1.807, 2.05) is 0 Å². The first-order valence-electron chi connectivity index (χ1n) is 10.3. The van der Waals surface area contributed by atoms with Crippen molar-refractivity contribution < 1.29 is 28.3 Å². The predicted octanol–water partition coefficient (Wildman–Crippen LogP) is 3.59. The molecule has 3 rings (SSSR count). The summed E-state index contributed by atoms with van der Waals surface area (Å²) in [6.07, 6.45) is 1.15. The van der Waals surface area contributed by atoms with Gasteiger partial charge < -0.3 is 25.1 Å². The number of anilines is 2. The van der Waals surface area contributed by atoms with Crippen molar-refractivity contribution >= 4 is 76.0 Å². The van der Waals surface area contributed by atoms with Crippen molar-refractivity contribution in [2.45, 2.75) is 6.54 Å². The fourth-order valence-corrected chi connectivity index (χ4v) is 3.54. The molecule has 0 saturated carbocycles. The van der Waals surface area contributed by atoms with E-state index < -0.39 is 23.6 Å². The van der Waals surface area contributed by atoms with Crippen LogP contribution in [0.5, 0.6) is 5.75 Å². The highest BCUT2D eigenvalue weighted by atomic mass is 35.5. The van der Waals surface area contributed by atoms with Gasteiger partial charge in [-0.3, -0.25) is 19.2 Å². The maximum Gasteiger partial charge on any atom is 0.329 e. The average molecular weight is 567 g/mol. The average Bonchev–Trinajstić information content (AvgIpc) is 3.29. The predicted molar refractivity (Wildman–Crippen MR) is 138 cm³/mol. The molecule has 0 unspecified atom stereocenters. The number of amides is 4. The van der Waals surface area contributed by atoms with Gasteiger partial charge >= 0.3 is 23.6 Å². The number of hydrogen-bond donors (Lipinski definition) is 4. The lowest BCUT2D eigenvalue weighted by Crippen LogP contribution is -2.34. The van der Waals surface area contributed by atoms with Gasteiger partial charge in [-0.2, -0.15) is 5.10 Å². The third-order valence-electron chi connectivity index (χ3n) is 4.41. The zero-order chi connectivity index (χ0) is 26.9. The Kier molecular flexibility index (Phi) is 9.50. The van der Waals surface area contributed by atoms with E-state index in [4.69, 9.17) is 44.0 Å². The summed E-state index contributed by atoms with van der Waals surface area (Å²) in [6, 6.07) is 11.9. The van der Waals surface area contributed by atoms with Crippen LogP contribution >= 0.6 is 34.8 Å². The van der Waals surface area contributed by atoms with Crippen molar-refractivity contribution in [1.29, 1.82) is 0 Å². The Balaban J connectivity index is 1.45. The molecular formula is C23H18Cl3N5O6. The summed E-state index contributed by atoms with van der Waals surface area (Å²) >= 11 is 17.7. The molecule has 0 aliphatic carbocycles. The van der Waals surface area contributed by atoms with E-state index in [0.717, 1.165) is 6.21 Å². The first kappa shape index (κ1) is 27.5. The monoisotopic (exact) mass is 565 g/mol. The van der Waals surface area contributed by atoms with E-state index >= 15 is 0 Å². The molecule has 4 amide bonds. The van der Waals surface area contributed by atoms with Gasteiger partial charge in [0.25, 0.3) is 0 Å². The Bertz CT molecular complexity index is 1350. The summed E-state index contributed by atoms with van der Waals surface area (Å²) in [5, 5.41) is 11.6. The van der Waals surface area contributed by atoms with E-state index in [2.05, 4.69) is 26.5 Å². The van der Waals surface area contributed by atoms with E-state index in [9.17, 15) is 19.2 Å². The summed E-state index contributed by atoms with van der Waals surface area (Å²) in [6.45, 7) is -0.102. The molecule has 0 atom stereocenters. The van der Waals surface area contributed by atoms with Crippen LogP contribution in [0.2, 0.25) is 15.1 Å². The molecular weight excluding hydrogens is 549 g/mol. The molecule has 0 radical (unpaired) electrons. The normalized spacial score (nSPS) is 10.6. The topological polar surface area (TPSA) is 151 Å². The number of hydrazone groups is 1. The summed E-state index contributed by atoms with van der Waals surface area (Å²) in [5.41, 5.74) is 2.60. The number of benzene rings is 2. The Morgan fingerprint density at radius 3 is 2.22 bits per heavy atom. The van der Waals surface area contributed by atoms with Gasteiger partial charge in [-0.05, 0) is 48.5 Å². The van der Waals surface area contributed by atoms with E-state index in [1.165, 1.54) is 55.6 Å². The number of carbonyl (C=O) groups excluding carboxylic acids is 4. The zero-order valence-corrected chi connectivity index (χ0v) is 21.2. The summed E-state index contributed by atoms with van der Waals surface area (Å²) in [7, 11) is 1.45. The number of methoxy groups -OCH3 is 1. The number of furan rings is 1. The molecule has 0 bridgehead atoms. The molecule has 0 aliphatic rings. The Hall–Kier alpha value is -4.06. The maximum absolute atomic E-state index is 12.0. The smallest absolute Gasteiger partial charge is 0.329 e. The quantitative estimate of drug-likeness (QED) is 0.195. The fourth-order valence-electron chi connectivity index (χ4n) is 2.76. The maximum atomic E-state index is 12.0. The van der Waals surface area contributed by atoms with Gasteiger partial charge in [0.1, 0.15) is 17.3 Å². The number of halogens is 3. The van der Waals surface area contributed by atoms with Gasteiger partial charge in [0, 0.05) is 21.4 Å². The highest BCUT2D eigenvalue weighted by Crippen LogP contribution is 2.27. The van der Waals surface area contributed by atoms with Crippen LogP contribution in [-0.2, 0) is 25.7 Å². The van der Waals surface area contributed by atoms with Gasteiger partial charge in [0.05, 0.1) is 24.9 Å². The van der Waals surface area contributed by atoms with Crippen LogP contribution in [-0.4, -0.2) is 37.0 Å². The first-order valence-corrected chi connectivity index (χ1v) is 11.4. The molecule has 0 fully saturated rings. The molecule has 2 aromatic carbocycles. The van der Waals surface area contributed by atoms with Crippen LogP contribution in [0.15, 0.2) is 58.0 Å². The van der Waals surface area contributed by atoms with Gasteiger partial charge in [-0.1, -0.05) is 34.8 Å². The summed E-state index contributed by atoms with van der Waals surface area (Å²) in [4.78, 5) is 48.0. The molecule has 11 nitrogen and oxygen atoms in total. The second-order valence-corrected chi connectivity index (χ2v) is 8.38. The SMILES string of the molecule is COc1ccc(NC(=O)C(=O)N/N=C/c2ccc(CNC(=O)C(=O)Nc3cc(Cl)cc(Cl)c3)o2)cc1Cl. The van der Waals surface area contributed by atoms with Gasteiger partial charge in [-0.15, -0.1) is 0 Å². The van der Waals surface area contributed by atoms with Crippen LogP contribution in [0.3, 0.4) is 0 Å². The van der Waals surface area contributed by atoms with Crippen LogP contribution in [0.1, 0.15) is 11.5 Å². The minimum Gasteiger partial charge on any atom is -0.495 e. The highest BCUT2D eigenvalue weighted by Gasteiger charge is 2.16. The molecule has 3 aromatic rings. The lowest BCUT2D eigenvalue weighted by molar-refractivity contribution is -0.136. The van der Waals surface area contributed by atoms with Crippen LogP contribution < -0.4 is 26.1 Å². The molecule has 0 aliphatic heterocycles. The van der Waals surface area contributed by atoms with Crippen molar-refractivity contribution in [3.05, 3.63) is 75.1 Å². The Morgan fingerprint density at radius 1 is 0.865 bits per heavy atom. The van der Waals surface area contributed by atoms with E-state index in [1.54, 1.807) is 0 Å². The lowest BCUT2D eigenvalue weighted by Gasteiger charge is -2.07. The van der Waals surface area contributed by atoms with Crippen molar-refractivity contribution in [3.8, 4) is 5.75 Å². The number of ether oxygens (including phenoxy) is 1. The highest BCUT2D eigenvalue weighted by molar-refractivity contribution is 6.41. The van der Waals surface area contributed by atoms with Crippen molar-refractivity contribution in [1.82, 2.24) is 10.7 Å². The Morgan fingerprint density at radius 2 is 1.54 bits per heavy atom. The molecule has 0 saturated heterocycles. The standard InChI is InChI=1S/C23H18Cl3N5O6/c1-36-19-5-2-14(9-18(19)26)29-22(34)23(35)31-28-11-17-4-3-16(37-17)10-27-20(32)21(33)30-15-7-12(24)6-13(25)8-15/h2-9,11H,10H2,1H3,(H,27,32)(H,29,34)(H,30,33)(H,31,35)/b28-11+. The molecule has 1 aromatic heterocycles. The molecule has 192 valence electrons. The number of carbonyl (C=O) groups is 4. The second-order valence-electron chi connectivity index (χ2n) is 7.10. The fraction of sp³-hybridized carbons (Fsp3) is 0.0870. The van der Waals surface area contributed by atoms with Crippen LogP contribution in [0.4, 0.5) is 11.4 Å². The van der Waals surface area contributed by atoms with Gasteiger partial charge in [0.2, 0.25) is 0 Å². The van der Waals surface area contributed by atoms with Crippen LogP contribution in [0.25, 0.3) is 0 Å². The second kappa shape index (κ2) is 12.8. The number of nitrogens with zero attached hydrogens (tertiary/aromatic N) is 1. The zero-order valence-electron chi connectivity index (χ0n) is 18.9. The number of nitrogens with one attached hydrogen (secondary N) is 4. The third kappa shape index (κ3) is 8.24. The van der Waals surface area contributed by atoms with E-state index in [-0.39, 0.29) is 28.7 Å².